The van der Waals surface area contributed by atoms with Crippen LogP contribution in [0.3, 0.4) is 0 Å². The number of allylic oxidation sites excluding steroid dienone is 2. The van der Waals surface area contributed by atoms with Crippen LogP contribution in [0.15, 0.2) is 35.4 Å². The molecule has 1 aromatic carbocycles. The van der Waals surface area contributed by atoms with Crippen molar-refractivity contribution in [1.29, 1.82) is 5.41 Å². The number of hydrogen-bond acceptors (Lipinski definition) is 3. The Morgan fingerprint density at radius 2 is 1.13 bits per heavy atom. The lowest BCUT2D eigenvalue weighted by atomic mass is 9.67. The van der Waals surface area contributed by atoms with Gasteiger partial charge in [0.25, 0.3) is 0 Å². The number of benzene rings is 1. The van der Waals surface area contributed by atoms with E-state index >= 15 is 0 Å². The van der Waals surface area contributed by atoms with E-state index in [2.05, 4.69) is 86.6 Å². The Hall–Kier alpha value is -1.71. The molecule has 2 rings (SSSR count). The largest absolute Gasteiger partial charge is 0.300 e. The van der Waals surface area contributed by atoms with Gasteiger partial charge in [0.05, 0.1) is 11.3 Å². The van der Waals surface area contributed by atoms with Gasteiger partial charge in [0, 0.05) is 5.56 Å². The van der Waals surface area contributed by atoms with E-state index in [4.69, 9.17) is 15.2 Å². The standard InChI is InChI=1S/C27H41NO2/c1-17-13-18(2)22(19(3)14-17)27(30-29-26(10,11)12)15-20(24(4,5)6)23(28)21(16-27)25(7,8)9/h13-16,28H,1-12H3. The third-order valence-electron chi connectivity index (χ3n) is 5.37. The van der Waals surface area contributed by atoms with E-state index in [-0.39, 0.29) is 10.8 Å². The second-order valence-corrected chi connectivity index (χ2v) is 11.8. The Morgan fingerprint density at radius 1 is 0.733 bits per heavy atom. The monoisotopic (exact) mass is 411 g/mol. The maximum Gasteiger partial charge on any atom is 0.167 e. The van der Waals surface area contributed by atoms with E-state index < -0.39 is 11.2 Å². The molecule has 0 saturated heterocycles. The van der Waals surface area contributed by atoms with Crippen molar-refractivity contribution >= 4 is 5.71 Å². The molecule has 0 aromatic heterocycles. The highest BCUT2D eigenvalue weighted by atomic mass is 17.2. The molecule has 0 atom stereocenters. The van der Waals surface area contributed by atoms with E-state index in [9.17, 15) is 0 Å². The predicted molar refractivity (Wildman–Crippen MR) is 127 cm³/mol. The zero-order chi connectivity index (χ0) is 23.3. The van der Waals surface area contributed by atoms with Crippen LogP contribution in [0.1, 0.15) is 84.6 Å². The summed E-state index contributed by atoms with van der Waals surface area (Å²) in [5, 5.41) is 9.02. The van der Waals surface area contributed by atoms with Gasteiger partial charge in [-0.3, -0.25) is 0 Å². The molecule has 1 aliphatic carbocycles. The van der Waals surface area contributed by atoms with E-state index in [0.29, 0.717) is 5.71 Å². The van der Waals surface area contributed by atoms with Gasteiger partial charge in [-0.1, -0.05) is 59.2 Å². The van der Waals surface area contributed by atoms with Crippen LogP contribution in [-0.4, -0.2) is 11.3 Å². The van der Waals surface area contributed by atoms with Crippen molar-refractivity contribution in [3.63, 3.8) is 0 Å². The number of rotatable bonds is 3. The molecule has 30 heavy (non-hydrogen) atoms. The van der Waals surface area contributed by atoms with E-state index in [1.54, 1.807) is 0 Å². The van der Waals surface area contributed by atoms with Crippen molar-refractivity contribution in [2.75, 3.05) is 0 Å². The Kier molecular flexibility index (Phi) is 6.36. The summed E-state index contributed by atoms with van der Waals surface area (Å²) in [6.07, 6.45) is 4.22. The molecule has 0 bridgehead atoms. The Morgan fingerprint density at radius 3 is 1.47 bits per heavy atom. The molecule has 166 valence electrons. The third kappa shape index (κ3) is 5.12. The van der Waals surface area contributed by atoms with Crippen LogP contribution in [0.5, 0.6) is 0 Å². The molecule has 0 heterocycles. The lowest BCUT2D eigenvalue weighted by molar-refractivity contribution is -0.388. The summed E-state index contributed by atoms with van der Waals surface area (Å²) < 4.78 is 0. The summed E-state index contributed by atoms with van der Waals surface area (Å²) in [6, 6.07) is 4.39. The van der Waals surface area contributed by atoms with Gasteiger partial charge < -0.3 is 5.41 Å². The fourth-order valence-electron chi connectivity index (χ4n) is 4.17. The molecule has 3 heteroatoms. The smallest absolute Gasteiger partial charge is 0.167 e. The minimum Gasteiger partial charge on any atom is -0.300 e. The van der Waals surface area contributed by atoms with Gasteiger partial charge in [-0.2, -0.15) is 0 Å². The molecule has 1 aliphatic rings. The number of nitrogens with one attached hydrogen (secondary N) is 1. The van der Waals surface area contributed by atoms with Gasteiger partial charge in [0.2, 0.25) is 0 Å². The van der Waals surface area contributed by atoms with Crippen LogP contribution in [0.2, 0.25) is 0 Å². The van der Waals surface area contributed by atoms with Crippen LogP contribution in [0, 0.1) is 37.0 Å². The van der Waals surface area contributed by atoms with Crippen molar-refractivity contribution in [2.24, 2.45) is 10.8 Å². The number of aryl methyl sites for hydroxylation is 3. The van der Waals surface area contributed by atoms with Crippen LogP contribution in [-0.2, 0) is 15.4 Å². The lowest BCUT2D eigenvalue weighted by Gasteiger charge is -2.41. The molecular formula is C27H41NO2. The lowest BCUT2D eigenvalue weighted by Crippen LogP contribution is -2.39. The summed E-state index contributed by atoms with van der Waals surface area (Å²) in [5.74, 6) is 0. The van der Waals surface area contributed by atoms with Crippen molar-refractivity contribution < 1.29 is 9.78 Å². The van der Waals surface area contributed by atoms with Crippen LogP contribution in [0.25, 0.3) is 0 Å². The first-order chi connectivity index (χ1) is 13.4. The summed E-state index contributed by atoms with van der Waals surface area (Å²) in [7, 11) is 0. The molecule has 0 spiro atoms. The fraction of sp³-hybridized carbons (Fsp3) is 0.593. The van der Waals surface area contributed by atoms with Gasteiger partial charge in [0.15, 0.2) is 5.60 Å². The minimum absolute atomic E-state index is 0.204. The van der Waals surface area contributed by atoms with Gasteiger partial charge >= 0.3 is 0 Å². The van der Waals surface area contributed by atoms with E-state index in [0.717, 1.165) is 27.8 Å². The first kappa shape index (κ1) is 24.6. The van der Waals surface area contributed by atoms with Crippen molar-refractivity contribution in [2.45, 2.75) is 94.3 Å². The Balaban J connectivity index is 2.93. The maximum atomic E-state index is 9.02. The molecule has 1 N–H and O–H groups in total. The topological polar surface area (TPSA) is 42.3 Å². The first-order valence-corrected chi connectivity index (χ1v) is 10.9. The average molecular weight is 412 g/mol. The zero-order valence-electron chi connectivity index (χ0n) is 21.1. The van der Waals surface area contributed by atoms with Gasteiger partial charge in [-0.05, 0) is 86.8 Å². The molecule has 0 fully saturated rings. The highest BCUT2D eigenvalue weighted by Crippen LogP contribution is 2.47. The summed E-state index contributed by atoms with van der Waals surface area (Å²) in [5.41, 5.74) is 5.42. The van der Waals surface area contributed by atoms with Crippen LogP contribution < -0.4 is 0 Å². The highest BCUT2D eigenvalue weighted by molar-refractivity contribution is 6.13. The second-order valence-electron chi connectivity index (χ2n) is 11.8. The molecule has 0 amide bonds. The molecule has 0 unspecified atom stereocenters. The van der Waals surface area contributed by atoms with E-state index in [1.807, 2.05) is 20.8 Å². The quantitative estimate of drug-likeness (QED) is 0.412. The SMILES string of the molecule is Cc1cc(C)c(C2(OOC(C)(C)C)C=C(C(C)(C)C)C(=N)C(C(C)(C)C)=C2)c(C)c1. The Labute approximate surface area is 184 Å². The van der Waals surface area contributed by atoms with Gasteiger partial charge in [-0.25, -0.2) is 9.78 Å². The van der Waals surface area contributed by atoms with Crippen molar-refractivity contribution in [3.8, 4) is 0 Å². The molecule has 0 radical (unpaired) electrons. The zero-order valence-corrected chi connectivity index (χ0v) is 21.1. The molecule has 0 saturated carbocycles. The van der Waals surface area contributed by atoms with E-state index in [1.165, 1.54) is 5.56 Å². The third-order valence-corrected chi connectivity index (χ3v) is 5.37. The summed E-state index contributed by atoms with van der Waals surface area (Å²) in [4.78, 5) is 12.3. The highest BCUT2D eigenvalue weighted by Gasteiger charge is 2.44. The second kappa shape index (κ2) is 7.76. The first-order valence-electron chi connectivity index (χ1n) is 10.9. The van der Waals surface area contributed by atoms with Crippen LogP contribution in [0.4, 0.5) is 0 Å². The summed E-state index contributed by atoms with van der Waals surface area (Å²) >= 11 is 0. The normalized spacial score (nSPS) is 20.9. The molecule has 0 aliphatic heterocycles. The van der Waals surface area contributed by atoms with Gasteiger partial charge in [0.1, 0.15) is 0 Å². The number of hydrogen-bond donors (Lipinski definition) is 1. The van der Waals surface area contributed by atoms with Crippen LogP contribution >= 0.6 is 0 Å². The minimum atomic E-state index is -0.898. The predicted octanol–water partition coefficient (Wildman–Crippen LogP) is 7.53. The summed E-state index contributed by atoms with van der Waals surface area (Å²) in [6.45, 7) is 25.3. The van der Waals surface area contributed by atoms with Gasteiger partial charge in [-0.15, -0.1) is 0 Å². The molecular weight excluding hydrogens is 370 g/mol. The molecule has 1 aromatic rings. The average Bonchev–Trinajstić information content (AvgIpc) is 2.51. The fourth-order valence-corrected chi connectivity index (χ4v) is 4.17. The maximum absolute atomic E-state index is 9.02. The molecule has 3 nitrogen and oxygen atoms in total. The Bertz CT molecular complexity index is 839. The van der Waals surface area contributed by atoms with Crippen molar-refractivity contribution in [3.05, 3.63) is 57.7 Å². The van der Waals surface area contributed by atoms with Crippen molar-refractivity contribution in [1.82, 2.24) is 0 Å².